The van der Waals surface area contributed by atoms with Gasteiger partial charge in [0.25, 0.3) is 8.32 Å². The quantitative estimate of drug-likeness (QED) is 0.430. The van der Waals surface area contributed by atoms with Crippen molar-refractivity contribution < 1.29 is 4.43 Å². The molecule has 0 aliphatic heterocycles. The van der Waals surface area contributed by atoms with Crippen LogP contribution >= 0.6 is 23.2 Å². The summed E-state index contributed by atoms with van der Waals surface area (Å²) in [7, 11) is -2.50. The van der Waals surface area contributed by atoms with E-state index in [1.165, 1.54) is 10.4 Å². The predicted octanol–water partition coefficient (Wildman–Crippen LogP) is 6.11. The summed E-state index contributed by atoms with van der Waals surface area (Å²) in [6, 6.07) is 27.0. The fourth-order valence-electron chi connectivity index (χ4n) is 3.80. The summed E-state index contributed by atoms with van der Waals surface area (Å²) in [4.78, 5) is 0. The van der Waals surface area contributed by atoms with Crippen LogP contribution in [0.4, 0.5) is 0 Å². The first-order valence-corrected chi connectivity index (χ1v) is 12.2. The Morgan fingerprint density at radius 1 is 0.786 bits per heavy atom. The van der Waals surface area contributed by atoms with Crippen molar-refractivity contribution in [2.45, 2.75) is 32.2 Å². The predicted molar refractivity (Wildman–Crippen MR) is 124 cm³/mol. The van der Waals surface area contributed by atoms with Crippen LogP contribution in [0.5, 0.6) is 0 Å². The van der Waals surface area contributed by atoms with Gasteiger partial charge in [-0.1, -0.05) is 111 Å². The third-order valence-corrected chi connectivity index (χ3v) is 10.8. The van der Waals surface area contributed by atoms with Gasteiger partial charge in [0.1, 0.15) is 0 Å². The molecule has 0 aliphatic carbocycles. The third-order valence-electron chi connectivity index (χ3n) is 5.12. The summed E-state index contributed by atoms with van der Waals surface area (Å²) >= 11 is 12.4. The Morgan fingerprint density at radius 2 is 1.32 bits per heavy atom. The highest BCUT2D eigenvalue weighted by Gasteiger charge is 2.49. The minimum atomic E-state index is -2.50. The monoisotopic (exact) mass is 428 g/mol. The summed E-state index contributed by atoms with van der Waals surface area (Å²) in [5.74, 6) is 0. The van der Waals surface area contributed by atoms with Gasteiger partial charge in [-0.15, -0.1) is 0 Å². The van der Waals surface area contributed by atoms with Crippen molar-refractivity contribution >= 4 is 41.9 Å². The van der Waals surface area contributed by atoms with Crippen LogP contribution in [0.2, 0.25) is 15.1 Å². The van der Waals surface area contributed by atoms with Crippen molar-refractivity contribution in [1.29, 1.82) is 0 Å². The van der Waals surface area contributed by atoms with Gasteiger partial charge >= 0.3 is 0 Å². The Labute approximate surface area is 179 Å². The first kappa shape index (κ1) is 21.1. The molecule has 0 heterocycles. The van der Waals surface area contributed by atoms with Gasteiger partial charge in [-0.05, 0) is 39.5 Å². The van der Waals surface area contributed by atoms with E-state index in [2.05, 4.69) is 81.4 Å². The molecule has 3 aromatic rings. The molecule has 0 fully saturated rings. The van der Waals surface area contributed by atoms with Crippen LogP contribution in [0.3, 0.4) is 0 Å². The Kier molecular flexibility index (Phi) is 6.67. The zero-order valence-electron chi connectivity index (χ0n) is 16.6. The molecule has 0 saturated carbocycles. The maximum absolute atomic E-state index is 6.90. The fraction of sp³-hybridized carbons (Fsp3) is 0.250. The molecular weight excluding hydrogens is 403 g/mol. The van der Waals surface area contributed by atoms with E-state index in [0.717, 1.165) is 12.0 Å². The molecule has 3 aromatic carbocycles. The van der Waals surface area contributed by atoms with Crippen molar-refractivity contribution in [3.63, 3.8) is 0 Å². The van der Waals surface area contributed by atoms with E-state index in [1.54, 1.807) is 6.07 Å². The SMILES string of the molecule is CC(C)(C)[Si](OCCc1ccc(Cl)cc1Cl)(c1ccccc1)c1ccccc1. The van der Waals surface area contributed by atoms with E-state index in [0.29, 0.717) is 16.7 Å². The first-order chi connectivity index (χ1) is 13.3. The third kappa shape index (κ3) is 4.36. The largest absolute Gasteiger partial charge is 0.407 e. The molecule has 0 unspecified atom stereocenters. The molecule has 146 valence electrons. The molecule has 0 spiro atoms. The maximum atomic E-state index is 6.90. The van der Waals surface area contributed by atoms with E-state index >= 15 is 0 Å². The minimum absolute atomic E-state index is 0.0283. The lowest BCUT2D eigenvalue weighted by molar-refractivity contribution is 0.302. The number of halogens is 2. The average Bonchev–Trinajstić information content (AvgIpc) is 2.67. The molecule has 28 heavy (non-hydrogen) atoms. The van der Waals surface area contributed by atoms with Gasteiger partial charge in [-0.2, -0.15) is 0 Å². The van der Waals surface area contributed by atoms with Gasteiger partial charge < -0.3 is 4.43 Å². The molecule has 1 nitrogen and oxygen atoms in total. The zero-order chi connectivity index (χ0) is 20.2. The smallest absolute Gasteiger partial charge is 0.261 e. The van der Waals surface area contributed by atoms with Crippen molar-refractivity contribution in [2.75, 3.05) is 6.61 Å². The first-order valence-electron chi connectivity index (χ1n) is 9.53. The fourth-order valence-corrected chi connectivity index (χ4v) is 8.87. The lowest BCUT2D eigenvalue weighted by Gasteiger charge is -2.43. The lowest BCUT2D eigenvalue weighted by Crippen LogP contribution is -2.66. The van der Waals surface area contributed by atoms with Gasteiger partial charge in [-0.3, -0.25) is 0 Å². The van der Waals surface area contributed by atoms with Crippen molar-refractivity contribution in [3.05, 3.63) is 94.5 Å². The Bertz CT molecular complexity index is 865. The summed E-state index contributed by atoms with van der Waals surface area (Å²) < 4.78 is 6.90. The molecule has 0 atom stereocenters. The van der Waals surface area contributed by atoms with Crippen LogP contribution in [-0.4, -0.2) is 14.9 Å². The Hall–Kier alpha value is -1.58. The molecule has 0 bridgehead atoms. The number of benzene rings is 3. The number of rotatable bonds is 6. The van der Waals surface area contributed by atoms with E-state index in [4.69, 9.17) is 27.6 Å². The summed E-state index contributed by atoms with van der Waals surface area (Å²) in [6.45, 7) is 7.46. The minimum Gasteiger partial charge on any atom is -0.407 e. The second kappa shape index (κ2) is 8.83. The topological polar surface area (TPSA) is 9.23 Å². The normalized spacial score (nSPS) is 12.2. The van der Waals surface area contributed by atoms with E-state index in [1.807, 2.05) is 12.1 Å². The van der Waals surface area contributed by atoms with Gasteiger partial charge in [0.15, 0.2) is 0 Å². The second-order valence-electron chi connectivity index (χ2n) is 8.00. The van der Waals surface area contributed by atoms with Crippen LogP contribution in [0.1, 0.15) is 26.3 Å². The summed E-state index contributed by atoms with van der Waals surface area (Å²) in [6.07, 6.45) is 0.750. The second-order valence-corrected chi connectivity index (χ2v) is 13.1. The van der Waals surface area contributed by atoms with Crippen molar-refractivity contribution in [1.82, 2.24) is 0 Å². The maximum Gasteiger partial charge on any atom is 0.261 e. The van der Waals surface area contributed by atoms with Crippen LogP contribution in [0.15, 0.2) is 78.9 Å². The molecule has 0 aromatic heterocycles. The number of hydrogen-bond acceptors (Lipinski definition) is 1. The number of hydrogen-bond donors (Lipinski definition) is 0. The molecule has 0 radical (unpaired) electrons. The van der Waals surface area contributed by atoms with E-state index < -0.39 is 8.32 Å². The summed E-state index contributed by atoms with van der Waals surface area (Å²) in [5, 5.41) is 3.89. The van der Waals surface area contributed by atoms with Crippen LogP contribution in [0.25, 0.3) is 0 Å². The molecule has 4 heteroatoms. The summed E-state index contributed by atoms with van der Waals surface area (Å²) in [5.41, 5.74) is 1.06. The van der Waals surface area contributed by atoms with Crippen LogP contribution < -0.4 is 10.4 Å². The van der Waals surface area contributed by atoms with E-state index in [-0.39, 0.29) is 5.04 Å². The Morgan fingerprint density at radius 3 is 1.79 bits per heavy atom. The highest BCUT2D eigenvalue weighted by atomic mass is 35.5. The Balaban J connectivity index is 1.98. The van der Waals surface area contributed by atoms with Gasteiger partial charge in [0.2, 0.25) is 0 Å². The van der Waals surface area contributed by atoms with Gasteiger partial charge in [0.05, 0.1) is 0 Å². The standard InChI is InChI=1S/C24H26Cl2OSi/c1-24(2,3)28(21-10-6-4-7-11-21,22-12-8-5-9-13-22)27-17-16-19-14-15-20(25)18-23(19)26/h4-15,18H,16-17H2,1-3H3. The molecule has 0 N–H and O–H groups in total. The van der Waals surface area contributed by atoms with Crippen molar-refractivity contribution in [2.24, 2.45) is 0 Å². The molecule has 0 amide bonds. The highest BCUT2D eigenvalue weighted by Crippen LogP contribution is 2.37. The molecule has 3 rings (SSSR count). The molecule has 0 aliphatic rings. The molecular formula is C24H26Cl2OSi. The van der Waals surface area contributed by atoms with Crippen LogP contribution in [-0.2, 0) is 10.8 Å². The van der Waals surface area contributed by atoms with Crippen molar-refractivity contribution in [3.8, 4) is 0 Å². The highest BCUT2D eigenvalue weighted by molar-refractivity contribution is 6.99. The molecule has 0 saturated heterocycles. The van der Waals surface area contributed by atoms with Crippen LogP contribution in [0, 0.1) is 0 Å². The average molecular weight is 429 g/mol. The van der Waals surface area contributed by atoms with E-state index in [9.17, 15) is 0 Å². The van der Waals surface area contributed by atoms with Gasteiger partial charge in [-0.25, -0.2) is 0 Å². The lowest BCUT2D eigenvalue weighted by atomic mass is 10.2. The van der Waals surface area contributed by atoms with Gasteiger partial charge in [0, 0.05) is 16.7 Å². The zero-order valence-corrected chi connectivity index (χ0v) is 19.1.